The Morgan fingerprint density at radius 3 is 2.57 bits per heavy atom. The van der Waals surface area contributed by atoms with E-state index >= 15 is 0 Å². The number of benzene rings is 2. The van der Waals surface area contributed by atoms with E-state index in [9.17, 15) is 4.79 Å². The maximum atomic E-state index is 11.5. The minimum absolute atomic E-state index is 0.345. The van der Waals surface area contributed by atoms with E-state index < -0.39 is 0 Å². The minimum atomic E-state index is -0.345. The third kappa shape index (κ3) is 6.46. The summed E-state index contributed by atoms with van der Waals surface area (Å²) >= 11 is 0. The quantitative estimate of drug-likeness (QED) is 0.302. The maximum Gasteiger partial charge on any atom is 0.337 e. The molecular weight excluding hydrogens is 354 g/mol. The molecule has 0 spiro atoms. The first-order valence-corrected chi connectivity index (χ1v) is 9.19. The lowest BCUT2D eigenvalue weighted by Gasteiger charge is -2.14. The fourth-order valence-corrected chi connectivity index (χ4v) is 2.49. The minimum Gasteiger partial charge on any atom is -0.489 e. The summed E-state index contributed by atoms with van der Waals surface area (Å²) in [5.74, 6) is 1.18. The monoisotopic (exact) mass is 381 g/mol. The van der Waals surface area contributed by atoms with Crippen LogP contribution in [0.3, 0.4) is 0 Å². The van der Waals surface area contributed by atoms with Crippen LogP contribution in [0.1, 0.15) is 28.4 Å². The van der Waals surface area contributed by atoms with Gasteiger partial charge in [0.05, 0.1) is 19.2 Å². The van der Waals surface area contributed by atoms with E-state index in [1.165, 1.54) is 7.11 Å². The molecule has 6 nitrogen and oxygen atoms in total. The van der Waals surface area contributed by atoms with E-state index in [1.54, 1.807) is 18.2 Å². The summed E-state index contributed by atoms with van der Waals surface area (Å²) in [7, 11) is 1.37. The van der Waals surface area contributed by atoms with Gasteiger partial charge in [0.2, 0.25) is 0 Å². The van der Waals surface area contributed by atoms with Crippen molar-refractivity contribution >= 4 is 11.9 Å². The predicted octanol–water partition coefficient (Wildman–Crippen LogP) is 3.29. The second-order valence-corrected chi connectivity index (χ2v) is 5.94. The summed E-state index contributed by atoms with van der Waals surface area (Å²) < 4.78 is 10.4. The average molecular weight is 381 g/mol. The number of nitrogens with one attached hydrogen (secondary N) is 2. The molecule has 2 rings (SSSR count). The van der Waals surface area contributed by atoms with E-state index in [2.05, 4.69) is 22.2 Å². The van der Waals surface area contributed by atoms with Gasteiger partial charge in [0.15, 0.2) is 5.96 Å². The van der Waals surface area contributed by atoms with E-state index in [4.69, 9.17) is 9.47 Å². The van der Waals surface area contributed by atoms with Crippen LogP contribution in [0.4, 0.5) is 0 Å². The Labute approximate surface area is 166 Å². The highest BCUT2D eigenvalue weighted by Crippen LogP contribution is 2.17. The Hall–Kier alpha value is -3.28. The highest BCUT2D eigenvalue weighted by atomic mass is 16.5. The number of aliphatic imine (C=N–C) groups is 1. The predicted molar refractivity (Wildman–Crippen MR) is 112 cm³/mol. The molecule has 0 atom stereocenters. The van der Waals surface area contributed by atoms with Gasteiger partial charge in [-0.05, 0) is 30.7 Å². The van der Waals surface area contributed by atoms with Gasteiger partial charge in [-0.1, -0.05) is 43.0 Å². The lowest BCUT2D eigenvalue weighted by atomic mass is 10.1. The Kier molecular flexibility index (Phi) is 8.59. The highest BCUT2D eigenvalue weighted by Gasteiger charge is 2.06. The molecule has 0 fully saturated rings. The molecule has 28 heavy (non-hydrogen) atoms. The average Bonchev–Trinajstić information content (AvgIpc) is 2.74. The molecule has 0 aliphatic heterocycles. The zero-order valence-corrected chi connectivity index (χ0v) is 16.4. The summed E-state index contributed by atoms with van der Waals surface area (Å²) in [5, 5.41) is 6.55. The smallest absolute Gasteiger partial charge is 0.337 e. The van der Waals surface area contributed by atoms with Crippen molar-refractivity contribution in [1.29, 1.82) is 0 Å². The van der Waals surface area contributed by atoms with E-state index in [0.29, 0.717) is 31.2 Å². The number of rotatable bonds is 9. The molecule has 148 valence electrons. The molecule has 2 aromatic rings. The van der Waals surface area contributed by atoms with Crippen molar-refractivity contribution < 1.29 is 14.3 Å². The zero-order chi connectivity index (χ0) is 20.2. The largest absolute Gasteiger partial charge is 0.489 e. The number of hydrogen-bond donors (Lipinski definition) is 2. The Balaban J connectivity index is 2.01. The highest BCUT2D eigenvalue weighted by molar-refractivity contribution is 5.89. The summed E-state index contributed by atoms with van der Waals surface area (Å²) in [5.41, 5.74) is 2.56. The molecular formula is C22H27N3O3. The van der Waals surface area contributed by atoms with Gasteiger partial charge in [-0.3, -0.25) is 0 Å². The second kappa shape index (κ2) is 11.4. The molecule has 0 unspecified atom stereocenters. The number of ether oxygens (including phenoxy) is 2. The van der Waals surface area contributed by atoms with Crippen molar-refractivity contribution in [3.8, 4) is 5.75 Å². The van der Waals surface area contributed by atoms with Crippen molar-refractivity contribution in [2.75, 3.05) is 20.3 Å². The van der Waals surface area contributed by atoms with Crippen LogP contribution in [0.2, 0.25) is 0 Å². The van der Waals surface area contributed by atoms with Crippen LogP contribution in [0.25, 0.3) is 0 Å². The number of carbonyl (C=O) groups excluding carboxylic acids is 1. The molecule has 0 saturated carbocycles. The molecule has 0 heterocycles. The van der Waals surface area contributed by atoms with Crippen molar-refractivity contribution in [3.05, 3.63) is 77.9 Å². The summed E-state index contributed by atoms with van der Waals surface area (Å²) in [6.07, 6.45) is 1.72. The fraction of sp³-hybridized carbons (Fsp3) is 0.273. The topological polar surface area (TPSA) is 72.0 Å². The van der Waals surface area contributed by atoms with Crippen molar-refractivity contribution in [1.82, 2.24) is 10.6 Å². The van der Waals surface area contributed by atoms with Crippen LogP contribution in [-0.4, -0.2) is 32.2 Å². The van der Waals surface area contributed by atoms with Gasteiger partial charge in [0, 0.05) is 18.7 Å². The summed E-state index contributed by atoms with van der Waals surface area (Å²) in [4.78, 5) is 16.1. The van der Waals surface area contributed by atoms with Gasteiger partial charge >= 0.3 is 5.97 Å². The summed E-state index contributed by atoms with van der Waals surface area (Å²) in [6.45, 7) is 7.99. The van der Waals surface area contributed by atoms with Gasteiger partial charge in [-0.2, -0.15) is 0 Å². The molecule has 2 N–H and O–H groups in total. The first-order chi connectivity index (χ1) is 13.7. The van der Waals surface area contributed by atoms with Crippen LogP contribution in [0, 0.1) is 0 Å². The van der Waals surface area contributed by atoms with Crippen LogP contribution in [-0.2, 0) is 17.8 Å². The van der Waals surface area contributed by atoms with Gasteiger partial charge in [0.1, 0.15) is 12.4 Å². The molecule has 0 bridgehead atoms. The van der Waals surface area contributed by atoms with Crippen LogP contribution < -0.4 is 15.4 Å². The number of methoxy groups -OCH3 is 1. The lowest BCUT2D eigenvalue weighted by Crippen LogP contribution is -2.36. The number of guanidine groups is 1. The van der Waals surface area contributed by atoms with Crippen LogP contribution in [0.5, 0.6) is 5.75 Å². The lowest BCUT2D eigenvalue weighted by molar-refractivity contribution is 0.0600. The van der Waals surface area contributed by atoms with Crippen LogP contribution >= 0.6 is 0 Å². The SMILES string of the molecule is C=CCOc1ccccc1CNC(=NCc1ccc(C(=O)OC)cc1)NCC. The van der Waals surface area contributed by atoms with Crippen molar-refractivity contribution in [2.45, 2.75) is 20.0 Å². The second-order valence-electron chi connectivity index (χ2n) is 5.94. The molecule has 0 aliphatic rings. The third-order valence-electron chi connectivity index (χ3n) is 3.91. The number of nitrogens with zero attached hydrogens (tertiary/aromatic N) is 1. The molecule has 0 amide bonds. The standard InChI is InChI=1S/C22H27N3O3/c1-4-14-28-20-9-7-6-8-19(20)16-25-22(23-5-2)24-15-17-10-12-18(13-11-17)21(26)27-3/h4,6-13H,1,5,14-16H2,2-3H3,(H2,23,24,25). The molecule has 0 aliphatic carbocycles. The van der Waals surface area contributed by atoms with E-state index in [1.807, 2.05) is 43.3 Å². The Morgan fingerprint density at radius 1 is 1.14 bits per heavy atom. The first kappa shape index (κ1) is 21.0. The molecule has 0 aromatic heterocycles. The Morgan fingerprint density at radius 2 is 1.89 bits per heavy atom. The van der Waals surface area contributed by atoms with Gasteiger partial charge < -0.3 is 20.1 Å². The Bertz CT molecular complexity index is 801. The third-order valence-corrected chi connectivity index (χ3v) is 3.91. The number of hydrogen-bond acceptors (Lipinski definition) is 4. The van der Waals surface area contributed by atoms with Gasteiger partial charge in [-0.25, -0.2) is 9.79 Å². The fourth-order valence-electron chi connectivity index (χ4n) is 2.49. The maximum absolute atomic E-state index is 11.5. The summed E-state index contributed by atoms with van der Waals surface area (Å²) in [6, 6.07) is 15.1. The van der Waals surface area contributed by atoms with E-state index in [0.717, 1.165) is 23.4 Å². The van der Waals surface area contributed by atoms with E-state index in [-0.39, 0.29) is 5.97 Å². The normalized spacial score (nSPS) is 10.9. The number of carbonyl (C=O) groups is 1. The molecule has 6 heteroatoms. The van der Waals surface area contributed by atoms with Gasteiger partial charge in [-0.15, -0.1) is 0 Å². The number of para-hydroxylation sites is 1. The first-order valence-electron chi connectivity index (χ1n) is 9.19. The van der Waals surface area contributed by atoms with Crippen molar-refractivity contribution in [2.24, 2.45) is 4.99 Å². The molecule has 0 saturated heterocycles. The van der Waals surface area contributed by atoms with Gasteiger partial charge in [0.25, 0.3) is 0 Å². The molecule has 2 aromatic carbocycles. The molecule has 0 radical (unpaired) electrons. The van der Waals surface area contributed by atoms with Crippen molar-refractivity contribution in [3.63, 3.8) is 0 Å². The number of esters is 1. The zero-order valence-electron chi connectivity index (χ0n) is 16.4. The van der Waals surface area contributed by atoms with Crippen LogP contribution in [0.15, 0.2) is 66.2 Å².